The lowest BCUT2D eigenvalue weighted by molar-refractivity contribution is -0.141. The number of esters is 1. The molecule has 0 saturated carbocycles. The molecule has 0 radical (unpaired) electrons. The van der Waals surface area contributed by atoms with E-state index in [1.165, 1.54) is 18.9 Å². The van der Waals surface area contributed by atoms with Gasteiger partial charge in [-0.05, 0) is 12.2 Å². The first-order valence-corrected chi connectivity index (χ1v) is 5.50. The maximum atomic E-state index is 11.7. The van der Waals surface area contributed by atoms with Crippen LogP contribution in [0.1, 0.15) is 12.8 Å². The summed E-state index contributed by atoms with van der Waals surface area (Å²) in [5.41, 5.74) is 5.38. The van der Waals surface area contributed by atoms with E-state index in [-0.39, 0.29) is 12.2 Å². The minimum Gasteiger partial charge on any atom is -0.468 e. The van der Waals surface area contributed by atoms with Crippen LogP contribution in [0, 0.1) is 0 Å². The van der Waals surface area contributed by atoms with E-state index >= 15 is 0 Å². The van der Waals surface area contributed by atoms with Crippen LogP contribution in [0.5, 0.6) is 0 Å². The summed E-state index contributed by atoms with van der Waals surface area (Å²) >= 11 is 1.22. The first-order valence-electron chi connectivity index (χ1n) is 4.34. The molecule has 0 amide bonds. The van der Waals surface area contributed by atoms with Gasteiger partial charge in [-0.15, -0.1) is 0 Å². The van der Waals surface area contributed by atoms with Crippen LogP contribution in [0.3, 0.4) is 0 Å². The van der Waals surface area contributed by atoms with E-state index in [0.717, 1.165) is 0 Å². The maximum Gasteiger partial charge on any atom is 0.389 e. The van der Waals surface area contributed by atoms with Crippen molar-refractivity contribution in [1.29, 1.82) is 0 Å². The summed E-state index contributed by atoms with van der Waals surface area (Å²) in [6.45, 7) is 0. The minimum absolute atomic E-state index is 0.0437. The number of carbonyl (C=O) groups is 1. The standard InChI is InChI=1S/C8H14F3NO2S/c1-14-7(13)6(12)5-15-4-2-3-8(9,10)11/h6H,2-5,12H2,1H3. The molecule has 0 rings (SSSR count). The Labute approximate surface area is 90.5 Å². The molecule has 0 aliphatic heterocycles. The average molecular weight is 245 g/mol. The van der Waals surface area contributed by atoms with Crippen LogP contribution in [0.2, 0.25) is 0 Å². The predicted molar refractivity (Wildman–Crippen MR) is 52.6 cm³/mol. The topological polar surface area (TPSA) is 52.3 Å². The summed E-state index contributed by atoms with van der Waals surface area (Å²) in [6.07, 6.45) is -4.86. The number of nitrogens with two attached hydrogens (primary N) is 1. The van der Waals surface area contributed by atoms with E-state index in [4.69, 9.17) is 5.73 Å². The van der Waals surface area contributed by atoms with Crippen LogP contribution in [-0.2, 0) is 9.53 Å². The van der Waals surface area contributed by atoms with Crippen LogP contribution >= 0.6 is 11.8 Å². The molecule has 0 spiro atoms. The third-order valence-electron chi connectivity index (χ3n) is 1.55. The smallest absolute Gasteiger partial charge is 0.389 e. The summed E-state index contributed by atoms with van der Waals surface area (Å²) < 4.78 is 39.5. The average Bonchev–Trinajstić information content (AvgIpc) is 2.14. The highest BCUT2D eigenvalue weighted by atomic mass is 32.2. The van der Waals surface area contributed by atoms with Crippen molar-refractivity contribution in [2.75, 3.05) is 18.6 Å². The molecule has 0 aromatic carbocycles. The van der Waals surface area contributed by atoms with E-state index in [1.807, 2.05) is 0 Å². The quantitative estimate of drug-likeness (QED) is 0.570. The second-order valence-electron chi connectivity index (χ2n) is 2.92. The summed E-state index contributed by atoms with van der Waals surface area (Å²) in [7, 11) is 1.22. The third kappa shape index (κ3) is 8.56. The molecule has 1 unspecified atom stereocenters. The number of hydrogen-bond acceptors (Lipinski definition) is 4. The van der Waals surface area contributed by atoms with Crippen molar-refractivity contribution in [3.8, 4) is 0 Å². The number of carbonyl (C=O) groups excluding carboxylic acids is 1. The van der Waals surface area contributed by atoms with Crippen LogP contribution in [0.4, 0.5) is 13.2 Å². The number of hydrogen-bond donors (Lipinski definition) is 1. The predicted octanol–water partition coefficient (Wildman–Crippen LogP) is 1.56. The molecule has 7 heteroatoms. The number of thioether (sulfide) groups is 1. The summed E-state index contributed by atoms with van der Waals surface area (Å²) in [6, 6.07) is -0.758. The van der Waals surface area contributed by atoms with Gasteiger partial charge in [-0.2, -0.15) is 24.9 Å². The molecule has 1 atom stereocenters. The van der Waals surface area contributed by atoms with Crippen LogP contribution in [0.15, 0.2) is 0 Å². The Hall–Kier alpha value is -0.430. The van der Waals surface area contributed by atoms with Crippen molar-refractivity contribution in [1.82, 2.24) is 0 Å². The molecule has 0 aromatic rings. The van der Waals surface area contributed by atoms with Crippen molar-refractivity contribution >= 4 is 17.7 Å². The molecule has 15 heavy (non-hydrogen) atoms. The first kappa shape index (κ1) is 14.6. The van der Waals surface area contributed by atoms with Crippen molar-refractivity contribution < 1.29 is 22.7 Å². The lowest BCUT2D eigenvalue weighted by atomic mass is 10.3. The summed E-state index contributed by atoms with van der Waals surface area (Å²) in [5.74, 6) is 0.0766. The van der Waals surface area contributed by atoms with Gasteiger partial charge < -0.3 is 10.5 Å². The van der Waals surface area contributed by atoms with Gasteiger partial charge in [-0.25, -0.2) is 0 Å². The number of halogens is 3. The molecule has 0 fully saturated rings. The monoisotopic (exact) mass is 245 g/mol. The lowest BCUT2D eigenvalue weighted by Gasteiger charge is -2.09. The highest BCUT2D eigenvalue weighted by Crippen LogP contribution is 2.22. The zero-order chi connectivity index (χ0) is 11.9. The Morgan fingerprint density at radius 1 is 1.53 bits per heavy atom. The molecule has 90 valence electrons. The molecule has 0 heterocycles. The largest absolute Gasteiger partial charge is 0.468 e. The number of ether oxygens (including phenoxy) is 1. The van der Waals surface area contributed by atoms with E-state index in [9.17, 15) is 18.0 Å². The number of alkyl halides is 3. The van der Waals surface area contributed by atoms with Crippen molar-refractivity contribution in [3.63, 3.8) is 0 Å². The number of rotatable bonds is 6. The van der Waals surface area contributed by atoms with Gasteiger partial charge in [0.1, 0.15) is 6.04 Å². The van der Waals surface area contributed by atoms with Crippen molar-refractivity contribution in [2.45, 2.75) is 25.1 Å². The van der Waals surface area contributed by atoms with E-state index in [1.54, 1.807) is 0 Å². The van der Waals surface area contributed by atoms with E-state index in [2.05, 4.69) is 4.74 Å². The molecule has 0 saturated heterocycles. The van der Waals surface area contributed by atoms with Gasteiger partial charge in [-0.3, -0.25) is 4.79 Å². The Morgan fingerprint density at radius 3 is 2.60 bits per heavy atom. The Kier molecular flexibility index (Phi) is 6.75. The maximum absolute atomic E-state index is 11.7. The van der Waals surface area contributed by atoms with Crippen molar-refractivity contribution in [2.24, 2.45) is 5.73 Å². The van der Waals surface area contributed by atoms with Gasteiger partial charge in [-0.1, -0.05) is 0 Å². The fourth-order valence-electron chi connectivity index (χ4n) is 0.804. The lowest BCUT2D eigenvalue weighted by Crippen LogP contribution is -2.33. The Balaban J connectivity index is 3.43. The molecular formula is C8H14F3NO2S. The minimum atomic E-state index is -4.11. The molecule has 0 aromatic heterocycles. The fraction of sp³-hybridized carbons (Fsp3) is 0.875. The molecule has 3 nitrogen and oxygen atoms in total. The molecule has 0 bridgehead atoms. The molecule has 0 aliphatic carbocycles. The second-order valence-corrected chi connectivity index (χ2v) is 4.07. The zero-order valence-corrected chi connectivity index (χ0v) is 9.16. The van der Waals surface area contributed by atoms with Gasteiger partial charge in [0.25, 0.3) is 0 Å². The van der Waals surface area contributed by atoms with Gasteiger partial charge in [0.15, 0.2) is 0 Å². The molecule has 2 N–H and O–H groups in total. The Morgan fingerprint density at radius 2 is 2.13 bits per heavy atom. The second kappa shape index (κ2) is 6.95. The van der Waals surface area contributed by atoms with Crippen molar-refractivity contribution in [3.05, 3.63) is 0 Å². The third-order valence-corrected chi connectivity index (χ3v) is 2.72. The van der Waals surface area contributed by atoms with Gasteiger partial charge in [0, 0.05) is 12.2 Å². The zero-order valence-electron chi connectivity index (χ0n) is 8.34. The SMILES string of the molecule is COC(=O)C(N)CSCCCC(F)(F)F. The van der Waals surface area contributed by atoms with Gasteiger partial charge in [0.2, 0.25) is 0 Å². The normalized spacial score (nSPS) is 13.7. The van der Waals surface area contributed by atoms with Crippen LogP contribution in [0.25, 0.3) is 0 Å². The van der Waals surface area contributed by atoms with E-state index in [0.29, 0.717) is 5.75 Å². The van der Waals surface area contributed by atoms with E-state index < -0.39 is 24.6 Å². The molecule has 0 aliphatic rings. The molecular weight excluding hydrogens is 231 g/mol. The summed E-state index contributed by atoms with van der Waals surface area (Å²) in [5, 5.41) is 0. The summed E-state index contributed by atoms with van der Waals surface area (Å²) in [4.78, 5) is 10.8. The van der Waals surface area contributed by atoms with Crippen LogP contribution < -0.4 is 5.73 Å². The van der Waals surface area contributed by atoms with Gasteiger partial charge in [0.05, 0.1) is 7.11 Å². The number of methoxy groups -OCH3 is 1. The highest BCUT2D eigenvalue weighted by Gasteiger charge is 2.25. The first-order chi connectivity index (χ1) is 6.87. The Bertz CT molecular complexity index is 199. The van der Waals surface area contributed by atoms with Crippen LogP contribution in [-0.4, -0.2) is 36.8 Å². The van der Waals surface area contributed by atoms with Gasteiger partial charge >= 0.3 is 12.1 Å². The highest BCUT2D eigenvalue weighted by molar-refractivity contribution is 7.99. The fourth-order valence-corrected chi connectivity index (χ4v) is 1.71.